The van der Waals surface area contributed by atoms with Crippen LogP contribution in [0.5, 0.6) is 0 Å². The van der Waals surface area contributed by atoms with E-state index in [0.29, 0.717) is 5.94 Å². The summed E-state index contributed by atoms with van der Waals surface area (Å²) >= 11 is 1.62. The van der Waals surface area contributed by atoms with Gasteiger partial charge in [-0.15, -0.1) is 11.8 Å². The first-order valence-corrected chi connectivity index (χ1v) is 15.8. The molecule has 2 aromatic carbocycles. The Morgan fingerprint density at radius 1 is 1.03 bits per heavy atom. The molecule has 4 atom stereocenters. The van der Waals surface area contributed by atoms with Crippen molar-refractivity contribution < 1.29 is 19.0 Å². The van der Waals surface area contributed by atoms with Crippen molar-refractivity contribution >= 4 is 30.5 Å². The van der Waals surface area contributed by atoms with Crippen LogP contribution >= 0.6 is 11.8 Å². The molecular weight excluding hydrogens is 472 g/mol. The molecule has 0 bridgehead atoms. The fraction of sp³-hybridized carbons (Fsp3) is 0.517. The first kappa shape index (κ1) is 28.0. The van der Waals surface area contributed by atoms with Gasteiger partial charge >= 0.3 is 0 Å². The van der Waals surface area contributed by atoms with E-state index in [2.05, 4.69) is 81.4 Å². The quantitative estimate of drug-likeness (QED) is 0.200. The van der Waals surface area contributed by atoms with Crippen LogP contribution in [0.4, 0.5) is 0 Å². The maximum Gasteiger partial charge on any atom is 0.261 e. The van der Waals surface area contributed by atoms with Gasteiger partial charge in [0.2, 0.25) is 0 Å². The highest BCUT2D eigenvalue weighted by Crippen LogP contribution is 2.41. The van der Waals surface area contributed by atoms with Crippen LogP contribution in [0.1, 0.15) is 47.0 Å². The standard InChI is InChI=1S/C29H42O4SSi/c1-22(20-32-21-34-6)28(30)23-17-18-26(27(19-23)31-5)33-35(29(2,3)4,24-13-9-7-10-14-24)25-15-11-8-12-16-25/h7-16,20,23,26-28,30H,17-19,21H2,1-6H3/b22-20+/t23-,26-,27-,28?/m1/s1. The van der Waals surface area contributed by atoms with Gasteiger partial charge < -0.3 is 19.0 Å². The minimum atomic E-state index is -2.66. The Labute approximate surface area is 217 Å². The molecule has 4 nitrogen and oxygen atoms in total. The van der Waals surface area contributed by atoms with Gasteiger partial charge in [-0.1, -0.05) is 81.4 Å². The van der Waals surface area contributed by atoms with Gasteiger partial charge in [-0.3, -0.25) is 0 Å². The lowest BCUT2D eigenvalue weighted by Crippen LogP contribution is -2.68. The van der Waals surface area contributed by atoms with Crippen molar-refractivity contribution in [3.63, 3.8) is 0 Å². The molecule has 0 saturated heterocycles. The maximum absolute atomic E-state index is 11.0. The second kappa shape index (κ2) is 12.6. The van der Waals surface area contributed by atoms with Gasteiger partial charge in [0.1, 0.15) is 5.94 Å². The molecule has 0 radical (unpaired) electrons. The molecule has 1 aliphatic carbocycles. The lowest BCUT2D eigenvalue weighted by Gasteiger charge is -2.48. The number of methoxy groups -OCH3 is 1. The molecule has 1 unspecified atom stereocenters. The summed E-state index contributed by atoms with van der Waals surface area (Å²) in [5, 5.41) is 13.5. The molecular formula is C29H42O4SSi. The predicted octanol–water partition coefficient (Wildman–Crippen LogP) is 5.35. The minimum Gasteiger partial charge on any atom is -0.491 e. The molecule has 1 aliphatic rings. The molecule has 0 heterocycles. The van der Waals surface area contributed by atoms with Gasteiger partial charge in [0, 0.05) is 7.11 Å². The molecule has 0 aromatic heterocycles. The smallest absolute Gasteiger partial charge is 0.261 e. The summed E-state index contributed by atoms with van der Waals surface area (Å²) in [6.07, 6.45) is 5.54. The molecule has 6 heteroatoms. The summed E-state index contributed by atoms with van der Waals surface area (Å²) in [6.45, 7) is 8.86. The highest BCUT2D eigenvalue weighted by Gasteiger charge is 2.53. The van der Waals surface area contributed by atoms with E-state index in [1.54, 1.807) is 25.1 Å². The van der Waals surface area contributed by atoms with Crippen molar-refractivity contribution in [1.82, 2.24) is 0 Å². The van der Waals surface area contributed by atoms with E-state index in [-0.39, 0.29) is 23.2 Å². The Morgan fingerprint density at radius 2 is 1.60 bits per heavy atom. The third-order valence-corrected chi connectivity index (χ3v) is 12.6. The fourth-order valence-electron chi connectivity index (χ4n) is 5.40. The van der Waals surface area contributed by atoms with E-state index in [4.69, 9.17) is 13.9 Å². The second-order valence-corrected chi connectivity index (χ2v) is 15.6. The average molecular weight is 515 g/mol. The molecule has 0 aliphatic heterocycles. The van der Waals surface area contributed by atoms with Gasteiger partial charge in [-0.25, -0.2) is 0 Å². The first-order chi connectivity index (χ1) is 16.7. The van der Waals surface area contributed by atoms with E-state index in [1.807, 2.05) is 13.2 Å². The number of thioether (sulfide) groups is 1. The molecule has 0 amide bonds. The third-order valence-electron chi connectivity index (χ3n) is 7.19. The summed E-state index contributed by atoms with van der Waals surface area (Å²) < 4.78 is 18.9. The normalized spacial score (nSPS) is 22.6. The average Bonchev–Trinajstić information content (AvgIpc) is 2.87. The number of aliphatic hydroxyl groups excluding tert-OH is 1. The lowest BCUT2D eigenvalue weighted by atomic mass is 9.80. The molecule has 192 valence electrons. The zero-order chi connectivity index (χ0) is 25.5. The molecule has 35 heavy (non-hydrogen) atoms. The monoisotopic (exact) mass is 514 g/mol. The molecule has 1 saturated carbocycles. The highest BCUT2D eigenvalue weighted by molar-refractivity contribution is 7.98. The number of hydrogen-bond acceptors (Lipinski definition) is 5. The van der Waals surface area contributed by atoms with Crippen LogP contribution in [-0.4, -0.2) is 51.0 Å². The van der Waals surface area contributed by atoms with Crippen LogP contribution in [0.2, 0.25) is 5.04 Å². The predicted molar refractivity (Wildman–Crippen MR) is 150 cm³/mol. The van der Waals surface area contributed by atoms with Crippen LogP contribution in [0, 0.1) is 5.92 Å². The molecule has 1 N–H and O–H groups in total. The number of hydrogen-bond donors (Lipinski definition) is 1. The zero-order valence-electron chi connectivity index (χ0n) is 22.1. The maximum atomic E-state index is 11.0. The second-order valence-electron chi connectivity index (χ2n) is 10.5. The largest absolute Gasteiger partial charge is 0.491 e. The molecule has 1 fully saturated rings. The number of benzene rings is 2. The van der Waals surface area contributed by atoms with E-state index >= 15 is 0 Å². The van der Waals surface area contributed by atoms with Crippen LogP contribution in [0.15, 0.2) is 72.5 Å². The first-order valence-electron chi connectivity index (χ1n) is 12.5. The van der Waals surface area contributed by atoms with Crippen molar-refractivity contribution in [3.05, 3.63) is 72.5 Å². The van der Waals surface area contributed by atoms with Crippen molar-refractivity contribution in [2.45, 2.75) is 70.3 Å². The van der Waals surface area contributed by atoms with Gasteiger partial charge in [0.05, 0.1) is 24.6 Å². The van der Waals surface area contributed by atoms with Crippen molar-refractivity contribution in [1.29, 1.82) is 0 Å². The van der Waals surface area contributed by atoms with Gasteiger partial charge in [0.15, 0.2) is 0 Å². The molecule has 2 aromatic rings. The van der Waals surface area contributed by atoms with Crippen LogP contribution in [0.3, 0.4) is 0 Å². The van der Waals surface area contributed by atoms with Crippen molar-refractivity contribution in [3.8, 4) is 0 Å². The van der Waals surface area contributed by atoms with E-state index < -0.39 is 14.4 Å². The zero-order valence-corrected chi connectivity index (χ0v) is 23.9. The lowest BCUT2D eigenvalue weighted by molar-refractivity contribution is -0.0579. The number of ether oxygens (including phenoxy) is 2. The summed E-state index contributed by atoms with van der Waals surface area (Å²) in [4.78, 5) is 0. The minimum absolute atomic E-state index is 0.0354. The number of aliphatic hydroxyl groups is 1. The Hall–Kier alpha value is -1.57. The van der Waals surface area contributed by atoms with Gasteiger partial charge in [-0.05, 0) is 59.3 Å². The molecule has 3 rings (SSSR count). The topological polar surface area (TPSA) is 47.9 Å². The Balaban J connectivity index is 1.91. The van der Waals surface area contributed by atoms with E-state index in [9.17, 15) is 5.11 Å². The number of rotatable bonds is 10. The Morgan fingerprint density at radius 3 is 2.09 bits per heavy atom. The van der Waals surface area contributed by atoms with E-state index in [1.165, 1.54) is 10.4 Å². The highest BCUT2D eigenvalue weighted by atomic mass is 32.2. The van der Waals surface area contributed by atoms with Crippen molar-refractivity contribution in [2.75, 3.05) is 19.3 Å². The summed E-state index contributed by atoms with van der Waals surface area (Å²) in [7, 11) is -0.895. The SMILES string of the molecule is CO[C@@H]1C[C@H](C(O)/C(C)=C/OCSC)CC[C@H]1O[Si](c1ccccc1)(c1ccccc1)C(C)(C)C. The van der Waals surface area contributed by atoms with Crippen LogP contribution < -0.4 is 10.4 Å². The van der Waals surface area contributed by atoms with Gasteiger partial charge in [0.25, 0.3) is 8.32 Å². The third kappa shape index (κ3) is 6.41. The van der Waals surface area contributed by atoms with Gasteiger partial charge in [-0.2, -0.15) is 0 Å². The Bertz CT molecular complexity index is 889. The summed E-state index contributed by atoms with van der Waals surface area (Å²) in [5.41, 5.74) is 0.866. The van der Waals surface area contributed by atoms with E-state index in [0.717, 1.165) is 24.8 Å². The fourth-order valence-corrected chi connectivity index (χ4v) is 10.3. The Kier molecular flexibility index (Phi) is 10.1. The van der Waals surface area contributed by atoms with Crippen LogP contribution in [0.25, 0.3) is 0 Å². The van der Waals surface area contributed by atoms with Crippen LogP contribution in [-0.2, 0) is 13.9 Å². The summed E-state index contributed by atoms with van der Waals surface area (Å²) in [6, 6.07) is 21.5. The summed E-state index contributed by atoms with van der Waals surface area (Å²) in [5.74, 6) is 0.706. The van der Waals surface area contributed by atoms with Crippen molar-refractivity contribution in [2.24, 2.45) is 5.92 Å². The molecule has 0 spiro atoms.